The largest absolute Gasteiger partial charge is 0.497 e. The van der Waals surface area contributed by atoms with E-state index in [1.165, 1.54) is 0 Å². The Hall–Kier alpha value is -2.40. The number of benzene rings is 2. The van der Waals surface area contributed by atoms with Gasteiger partial charge in [0.05, 0.1) is 7.11 Å². The average molecular weight is 363 g/mol. The van der Waals surface area contributed by atoms with Crippen LogP contribution in [0, 0.1) is 13.8 Å². The molecule has 25 heavy (non-hydrogen) atoms. The summed E-state index contributed by atoms with van der Waals surface area (Å²) in [6.45, 7) is 4.47. The lowest BCUT2D eigenvalue weighted by Gasteiger charge is -2.11. The monoisotopic (exact) mass is 362 g/mol. The van der Waals surface area contributed by atoms with Crippen molar-refractivity contribution in [2.45, 2.75) is 20.3 Å². The third-order valence-electron chi connectivity index (χ3n) is 3.74. The van der Waals surface area contributed by atoms with Crippen LogP contribution in [0.2, 0.25) is 5.02 Å². The number of rotatable bonds is 7. The summed E-state index contributed by atoms with van der Waals surface area (Å²) >= 11 is 6.12. The molecule has 0 aliphatic heterocycles. The number of hydrogen-bond donors (Lipinski definition) is 2. The molecule has 0 bridgehead atoms. The molecule has 0 atom stereocenters. The van der Waals surface area contributed by atoms with Gasteiger partial charge in [-0.05, 0) is 61.2 Å². The number of aryl methyl sites for hydroxylation is 2. The first-order chi connectivity index (χ1) is 12.0. The van der Waals surface area contributed by atoms with E-state index in [1.807, 2.05) is 50.2 Å². The van der Waals surface area contributed by atoms with Crippen molar-refractivity contribution >= 4 is 17.6 Å². The topological polar surface area (TPSA) is 59.6 Å². The van der Waals surface area contributed by atoms with E-state index in [0.29, 0.717) is 12.3 Å². The maximum absolute atomic E-state index is 11.8. The van der Waals surface area contributed by atoms with Crippen LogP contribution in [-0.4, -0.2) is 26.4 Å². The molecular formula is C19H23ClN2O3. The van der Waals surface area contributed by atoms with Gasteiger partial charge in [0.2, 0.25) is 0 Å². The van der Waals surface area contributed by atoms with E-state index in [2.05, 4.69) is 10.6 Å². The van der Waals surface area contributed by atoms with E-state index in [1.54, 1.807) is 7.11 Å². The molecule has 0 fully saturated rings. The lowest BCUT2D eigenvalue weighted by molar-refractivity contribution is 0.224. The fraction of sp³-hybridized carbons (Fsp3) is 0.316. The predicted octanol–water partition coefficient (Wildman–Crippen LogP) is 3.84. The number of carbonyl (C=O) groups is 1. The van der Waals surface area contributed by atoms with Gasteiger partial charge >= 0.3 is 6.03 Å². The maximum atomic E-state index is 11.8. The first-order valence-corrected chi connectivity index (χ1v) is 8.41. The molecule has 0 heterocycles. The van der Waals surface area contributed by atoms with Gasteiger partial charge in [-0.15, -0.1) is 0 Å². The van der Waals surface area contributed by atoms with Gasteiger partial charge in [0.15, 0.2) is 6.73 Å². The molecule has 5 nitrogen and oxygen atoms in total. The Labute approximate surface area is 153 Å². The fourth-order valence-corrected chi connectivity index (χ4v) is 2.46. The summed E-state index contributed by atoms with van der Waals surface area (Å²) < 4.78 is 10.7. The molecule has 0 unspecified atom stereocenters. The number of ether oxygens (including phenoxy) is 2. The molecule has 6 heteroatoms. The Balaban J connectivity index is 1.68. The van der Waals surface area contributed by atoms with Crippen LogP contribution in [0.1, 0.15) is 16.7 Å². The Bertz CT molecular complexity index is 694. The fourth-order valence-electron chi connectivity index (χ4n) is 2.35. The Morgan fingerprint density at radius 3 is 2.28 bits per heavy atom. The molecule has 0 aliphatic carbocycles. The van der Waals surface area contributed by atoms with Crippen molar-refractivity contribution in [1.82, 2.24) is 10.6 Å². The molecule has 0 spiro atoms. The smallest absolute Gasteiger partial charge is 0.317 e. The molecule has 2 N–H and O–H groups in total. The first kappa shape index (κ1) is 18.9. The molecule has 2 amide bonds. The second-order valence-corrected chi connectivity index (χ2v) is 6.07. The lowest BCUT2D eigenvalue weighted by Crippen LogP contribution is -2.38. The van der Waals surface area contributed by atoms with E-state index in [4.69, 9.17) is 21.1 Å². The number of hydrogen-bond acceptors (Lipinski definition) is 3. The van der Waals surface area contributed by atoms with Crippen molar-refractivity contribution in [3.8, 4) is 11.5 Å². The minimum absolute atomic E-state index is 0.0921. The van der Waals surface area contributed by atoms with E-state index < -0.39 is 0 Å². The van der Waals surface area contributed by atoms with Gasteiger partial charge in [-0.2, -0.15) is 0 Å². The van der Waals surface area contributed by atoms with Crippen molar-refractivity contribution in [1.29, 1.82) is 0 Å². The second-order valence-electron chi connectivity index (χ2n) is 5.69. The molecule has 2 aromatic rings. The van der Waals surface area contributed by atoms with Crippen LogP contribution < -0.4 is 20.1 Å². The zero-order valence-corrected chi connectivity index (χ0v) is 15.4. The highest BCUT2D eigenvalue weighted by atomic mass is 35.5. The Morgan fingerprint density at radius 1 is 1.04 bits per heavy atom. The van der Waals surface area contributed by atoms with Gasteiger partial charge in [0.1, 0.15) is 11.5 Å². The standard InChI is InChI=1S/C19H23ClN2O3/c1-13-10-17(11-14(2)18(13)20)25-12-22-19(23)21-9-8-15-4-6-16(24-3)7-5-15/h4-7,10-11H,8-9,12H2,1-3H3,(H2,21,22,23). The molecule has 0 saturated heterocycles. The zero-order valence-electron chi connectivity index (χ0n) is 14.7. The van der Waals surface area contributed by atoms with Gasteiger partial charge < -0.3 is 20.1 Å². The van der Waals surface area contributed by atoms with Crippen LogP contribution in [0.15, 0.2) is 36.4 Å². The summed E-state index contributed by atoms with van der Waals surface area (Å²) in [6.07, 6.45) is 0.744. The van der Waals surface area contributed by atoms with Gasteiger partial charge in [0, 0.05) is 11.6 Å². The minimum Gasteiger partial charge on any atom is -0.497 e. The van der Waals surface area contributed by atoms with Gasteiger partial charge in [-0.1, -0.05) is 23.7 Å². The van der Waals surface area contributed by atoms with E-state index in [-0.39, 0.29) is 12.8 Å². The summed E-state index contributed by atoms with van der Waals surface area (Å²) in [7, 11) is 1.63. The number of amides is 2. The molecule has 0 radical (unpaired) electrons. The van der Waals surface area contributed by atoms with Crippen LogP contribution in [0.5, 0.6) is 11.5 Å². The third kappa shape index (κ3) is 5.87. The molecule has 0 aromatic heterocycles. The van der Waals surface area contributed by atoms with E-state index >= 15 is 0 Å². The van der Waals surface area contributed by atoms with Crippen molar-refractivity contribution < 1.29 is 14.3 Å². The van der Waals surface area contributed by atoms with Crippen molar-refractivity contribution in [2.75, 3.05) is 20.4 Å². The summed E-state index contributed by atoms with van der Waals surface area (Å²) in [5.41, 5.74) is 3.02. The number of urea groups is 1. The van der Waals surface area contributed by atoms with Crippen LogP contribution in [0.3, 0.4) is 0 Å². The minimum atomic E-state index is -0.268. The molecule has 2 rings (SSSR count). The van der Waals surface area contributed by atoms with Crippen LogP contribution in [0.25, 0.3) is 0 Å². The highest BCUT2D eigenvalue weighted by Gasteiger charge is 2.04. The zero-order chi connectivity index (χ0) is 18.2. The van der Waals surface area contributed by atoms with Crippen LogP contribution in [0.4, 0.5) is 4.79 Å². The summed E-state index contributed by atoms with van der Waals surface area (Å²) in [5.74, 6) is 1.50. The molecule has 0 aliphatic rings. The highest BCUT2D eigenvalue weighted by Crippen LogP contribution is 2.25. The van der Waals surface area contributed by atoms with E-state index in [0.717, 1.165) is 33.9 Å². The first-order valence-electron chi connectivity index (χ1n) is 8.04. The Morgan fingerprint density at radius 2 is 1.68 bits per heavy atom. The Kier molecular flexibility index (Phi) is 6.95. The van der Waals surface area contributed by atoms with Gasteiger partial charge in [-0.25, -0.2) is 4.79 Å². The van der Waals surface area contributed by atoms with Gasteiger partial charge in [0.25, 0.3) is 0 Å². The summed E-state index contributed by atoms with van der Waals surface area (Å²) in [6, 6.07) is 11.2. The molecule has 0 saturated carbocycles. The van der Waals surface area contributed by atoms with Crippen LogP contribution >= 0.6 is 11.6 Å². The lowest BCUT2D eigenvalue weighted by atomic mass is 10.1. The molecule has 134 valence electrons. The van der Waals surface area contributed by atoms with Crippen molar-refractivity contribution in [2.24, 2.45) is 0 Å². The van der Waals surface area contributed by atoms with Crippen molar-refractivity contribution in [3.63, 3.8) is 0 Å². The average Bonchev–Trinajstić information content (AvgIpc) is 2.60. The molecule has 2 aromatic carbocycles. The molecular weight excluding hydrogens is 340 g/mol. The summed E-state index contributed by atoms with van der Waals surface area (Å²) in [5, 5.41) is 6.19. The normalized spacial score (nSPS) is 10.2. The second kappa shape index (κ2) is 9.18. The number of carbonyl (C=O) groups excluding carboxylic acids is 1. The predicted molar refractivity (Wildman–Crippen MR) is 99.7 cm³/mol. The van der Waals surface area contributed by atoms with Crippen LogP contribution in [-0.2, 0) is 6.42 Å². The van der Waals surface area contributed by atoms with Gasteiger partial charge in [-0.3, -0.25) is 0 Å². The third-order valence-corrected chi connectivity index (χ3v) is 4.34. The van der Waals surface area contributed by atoms with Crippen molar-refractivity contribution in [3.05, 3.63) is 58.1 Å². The number of methoxy groups -OCH3 is 1. The highest BCUT2D eigenvalue weighted by molar-refractivity contribution is 6.32. The summed E-state index contributed by atoms with van der Waals surface area (Å²) in [4.78, 5) is 11.8. The number of nitrogens with one attached hydrogen (secondary N) is 2. The SMILES string of the molecule is COc1ccc(CCNC(=O)NCOc2cc(C)c(Cl)c(C)c2)cc1. The quantitative estimate of drug-likeness (QED) is 0.735. The van der Waals surface area contributed by atoms with E-state index in [9.17, 15) is 4.79 Å². The number of halogens is 1. The maximum Gasteiger partial charge on any atom is 0.317 e.